The minimum absolute atomic E-state index is 0.292. The van der Waals surface area contributed by atoms with E-state index in [1.54, 1.807) is 0 Å². The molecule has 0 spiro atoms. The zero-order valence-electron chi connectivity index (χ0n) is 4.14. The number of hydrogen-bond donors (Lipinski definition) is 0. The van der Waals surface area contributed by atoms with Crippen molar-refractivity contribution < 1.29 is 18.2 Å². The molecule has 0 fully saturated rings. The van der Waals surface area contributed by atoms with E-state index in [0.29, 0.717) is 0 Å². The molecule has 1 aliphatic rings. The van der Waals surface area contributed by atoms with Crippen LogP contribution in [-0.2, 0) is 18.2 Å². The molecule has 3 heteroatoms. The molecule has 0 bridgehead atoms. The minimum atomic E-state index is -0.292. The molecule has 0 heterocycles. The zero-order chi connectivity index (χ0) is 6.24. The van der Waals surface area contributed by atoms with Gasteiger partial charge in [-0.05, 0) is 0 Å². The van der Waals surface area contributed by atoms with Crippen LogP contribution >= 0.6 is 24.6 Å². The monoisotopic (exact) mass is 403 g/mol. The van der Waals surface area contributed by atoms with E-state index in [9.17, 15) is 0 Å². The molecule has 0 aromatic carbocycles. The second-order valence-corrected chi connectivity index (χ2v) is 16.7. The van der Waals surface area contributed by atoms with Gasteiger partial charge in [-0.2, -0.15) is 0 Å². The van der Waals surface area contributed by atoms with Crippen molar-refractivity contribution in [2.75, 3.05) is 0 Å². The molecule has 1 rings (SSSR count). The van der Waals surface area contributed by atoms with E-state index in [0.717, 1.165) is 0 Å². The Bertz CT molecular complexity index is 78.4. The van der Waals surface area contributed by atoms with Gasteiger partial charge >= 0.3 is 42.8 Å². The minimum Gasteiger partial charge on any atom is -0.0767 e. The molecular formula is C5H5Br2Hf. The summed E-state index contributed by atoms with van der Waals surface area (Å²) in [7, 11) is 0. The summed E-state index contributed by atoms with van der Waals surface area (Å²) in [6, 6.07) is 0. The third-order valence-electron chi connectivity index (χ3n) is 0.556. The van der Waals surface area contributed by atoms with Crippen LogP contribution in [0.3, 0.4) is 0 Å². The quantitative estimate of drug-likeness (QED) is 0.546. The van der Waals surface area contributed by atoms with Gasteiger partial charge in [0.05, 0.1) is 0 Å². The Hall–Kier alpha value is 1.31. The molecule has 0 aromatic rings. The Balaban J connectivity index is 0.000000145. The van der Waals surface area contributed by atoms with E-state index in [1.807, 2.05) is 30.7 Å². The molecule has 0 nitrogen and oxygen atoms in total. The third-order valence-corrected chi connectivity index (χ3v) is 0.556. The van der Waals surface area contributed by atoms with E-state index in [2.05, 4.69) is 24.6 Å². The third kappa shape index (κ3) is 7.31. The van der Waals surface area contributed by atoms with Crippen molar-refractivity contribution in [2.24, 2.45) is 0 Å². The maximum atomic E-state index is 3.26. The van der Waals surface area contributed by atoms with Crippen molar-refractivity contribution in [3.8, 4) is 0 Å². The van der Waals surface area contributed by atoms with E-state index in [4.69, 9.17) is 0 Å². The van der Waals surface area contributed by atoms with Crippen LogP contribution in [0.25, 0.3) is 0 Å². The van der Waals surface area contributed by atoms with Crippen molar-refractivity contribution in [3.63, 3.8) is 0 Å². The average Bonchev–Trinajstić information content (AvgIpc) is 2.17. The van der Waals surface area contributed by atoms with E-state index in [-0.39, 0.29) is 18.2 Å². The summed E-state index contributed by atoms with van der Waals surface area (Å²) >= 11 is 6.22. The van der Waals surface area contributed by atoms with Crippen LogP contribution in [0, 0.1) is 6.42 Å². The molecule has 1 aliphatic carbocycles. The van der Waals surface area contributed by atoms with Gasteiger partial charge < -0.3 is 0 Å². The predicted octanol–water partition coefficient (Wildman–Crippen LogP) is 3.01. The fourth-order valence-electron chi connectivity index (χ4n) is 0.321. The van der Waals surface area contributed by atoms with Crippen molar-refractivity contribution in [1.29, 1.82) is 0 Å². The Labute approximate surface area is 72.8 Å². The summed E-state index contributed by atoms with van der Waals surface area (Å²) in [6.45, 7) is 0. The smallest absolute Gasteiger partial charge is 0.00506 e. The first kappa shape index (κ1) is 9.31. The molecular weight excluding hydrogens is 398 g/mol. The largest absolute Gasteiger partial charge is 0.0767 e. The van der Waals surface area contributed by atoms with Crippen LogP contribution in [0.1, 0.15) is 0 Å². The van der Waals surface area contributed by atoms with Gasteiger partial charge in [-0.1, -0.05) is 24.3 Å². The van der Waals surface area contributed by atoms with E-state index >= 15 is 0 Å². The molecule has 8 heavy (non-hydrogen) atoms. The molecule has 0 aromatic heterocycles. The number of hydrogen-bond acceptors (Lipinski definition) is 0. The summed E-state index contributed by atoms with van der Waals surface area (Å²) in [6.07, 6.45) is 10.0. The molecule has 0 N–H and O–H groups in total. The Morgan fingerprint density at radius 2 is 1.25 bits per heavy atom. The molecule has 0 aliphatic heterocycles. The van der Waals surface area contributed by atoms with Crippen molar-refractivity contribution in [3.05, 3.63) is 30.7 Å². The van der Waals surface area contributed by atoms with Crippen molar-refractivity contribution in [1.82, 2.24) is 0 Å². The Morgan fingerprint density at radius 1 is 0.875 bits per heavy atom. The molecule has 1 radical (unpaired) electrons. The van der Waals surface area contributed by atoms with Gasteiger partial charge in [0, 0.05) is 6.42 Å². The number of halogens is 2. The first-order chi connectivity index (χ1) is 3.91. The van der Waals surface area contributed by atoms with Crippen LogP contribution < -0.4 is 0 Å². The topological polar surface area (TPSA) is 0 Å². The van der Waals surface area contributed by atoms with Gasteiger partial charge in [0.1, 0.15) is 0 Å². The van der Waals surface area contributed by atoms with Gasteiger partial charge in [-0.25, -0.2) is 0 Å². The van der Waals surface area contributed by atoms with Crippen LogP contribution in [-0.4, -0.2) is 0 Å². The van der Waals surface area contributed by atoms with Crippen LogP contribution in [0.5, 0.6) is 0 Å². The summed E-state index contributed by atoms with van der Waals surface area (Å²) in [5, 5.41) is 0. The first-order valence-corrected chi connectivity index (χ1v) is 17.7. The fourth-order valence-corrected chi connectivity index (χ4v) is 0.321. The summed E-state index contributed by atoms with van der Waals surface area (Å²) < 4.78 is 0. The maximum absolute atomic E-state index is 3.26. The Morgan fingerprint density at radius 3 is 1.38 bits per heavy atom. The molecule has 0 unspecified atom stereocenters. The van der Waals surface area contributed by atoms with E-state index < -0.39 is 0 Å². The SMILES string of the molecule is [Br][Hf][Br].[CH]1C=CC=C1. The van der Waals surface area contributed by atoms with Gasteiger partial charge in [-0.15, -0.1) is 0 Å². The molecule has 0 saturated heterocycles. The van der Waals surface area contributed by atoms with Gasteiger partial charge in [-0.3, -0.25) is 0 Å². The first-order valence-electron chi connectivity index (χ1n) is 2.04. The fraction of sp³-hybridized carbons (Fsp3) is 0. The normalized spacial score (nSPS) is 12.8. The predicted molar refractivity (Wildman–Crippen MR) is 40.4 cm³/mol. The molecule has 43 valence electrons. The average molecular weight is 403 g/mol. The molecule has 0 amide bonds. The molecule has 0 saturated carbocycles. The maximum Gasteiger partial charge on any atom is 0.00506 e. The van der Waals surface area contributed by atoms with Crippen molar-refractivity contribution in [2.45, 2.75) is 0 Å². The zero-order valence-corrected chi connectivity index (χ0v) is 10.9. The second-order valence-electron chi connectivity index (χ2n) is 1.03. The van der Waals surface area contributed by atoms with E-state index in [1.165, 1.54) is 0 Å². The van der Waals surface area contributed by atoms with Crippen LogP contribution in [0.15, 0.2) is 24.3 Å². The summed E-state index contributed by atoms with van der Waals surface area (Å²) in [5.74, 6) is 0. The number of rotatable bonds is 0. The van der Waals surface area contributed by atoms with Gasteiger partial charge in [0.2, 0.25) is 0 Å². The molecule has 0 atom stereocenters. The van der Waals surface area contributed by atoms with Crippen LogP contribution in [0.4, 0.5) is 0 Å². The standard InChI is InChI=1S/C5H5.2BrH.Hf/c1-2-4-5-3-1;;;/h1-5H;2*1H;/q;;;+2/p-2. The number of allylic oxidation sites excluding steroid dienone is 4. The van der Waals surface area contributed by atoms with Gasteiger partial charge in [0.25, 0.3) is 0 Å². The van der Waals surface area contributed by atoms with Crippen LogP contribution in [0.2, 0.25) is 0 Å². The second kappa shape index (κ2) is 8.31. The van der Waals surface area contributed by atoms with Crippen molar-refractivity contribution >= 4 is 24.6 Å². The Kier molecular flexibility index (Phi) is 9.67. The van der Waals surface area contributed by atoms with Gasteiger partial charge in [0.15, 0.2) is 0 Å². The summed E-state index contributed by atoms with van der Waals surface area (Å²) in [4.78, 5) is 0. The summed E-state index contributed by atoms with van der Waals surface area (Å²) in [5.41, 5.74) is 0.